The van der Waals surface area contributed by atoms with E-state index in [9.17, 15) is 13.7 Å². The van der Waals surface area contributed by atoms with E-state index in [1.54, 1.807) is 74.6 Å². The third-order valence-electron chi connectivity index (χ3n) is 4.78. The van der Waals surface area contributed by atoms with Crippen molar-refractivity contribution in [1.29, 1.82) is 0 Å². The number of hydrogen-bond donors (Lipinski definition) is 0. The number of fused-ring (bicyclic) bond motifs is 6. The molecule has 0 spiro atoms. The molecule has 0 amide bonds. The first-order valence-corrected chi connectivity index (χ1v) is 14.8. The molecule has 0 aromatic carbocycles. The molecule has 0 aliphatic carbocycles. The Hall–Kier alpha value is -1.86. The van der Waals surface area contributed by atoms with E-state index >= 15 is 0 Å². The van der Waals surface area contributed by atoms with Crippen LogP contribution in [-0.4, -0.2) is 34.9 Å². The summed E-state index contributed by atoms with van der Waals surface area (Å²) in [6.45, 7) is 4.74. The third-order valence-corrected chi connectivity index (χ3v) is 11.5. The number of rotatable bonds is 0. The van der Waals surface area contributed by atoms with Gasteiger partial charge in [0.2, 0.25) is 0 Å². The molecular formula is C18H18N3O3P3. The van der Waals surface area contributed by atoms with Crippen molar-refractivity contribution in [1.82, 2.24) is 15.0 Å². The molecule has 1 aliphatic rings. The van der Waals surface area contributed by atoms with Crippen LogP contribution < -0.4 is 32.6 Å². The summed E-state index contributed by atoms with van der Waals surface area (Å²) in [7, 11) is -9.45. The van der Waals surface area contributed by atoms with E-state index in [-0.39, 0.29) is 0 Å². The third kappa shape index (κ3) is 2.88. The Bertz CT molecular complexity index is 1000. The van der Waals surface area contributed by atoms with Crippen LogP contribution in [0.3, 0.4) is 0 Å². The first-order chi connectivity index (χ1) is 12.6. The lowest BCUT2D eigenvalue weighted by Crippen LogP contribution is -2.34. The summed E-state index contributed by atoms with van der Waals surface area (Å²) in [6, 6.07) is 15.0. The first kappa shape index (κ1) is 18.5. The molecular weight excluding hydrogens is 399 g/mol. The monoisotopic (exact) mass is 417 g/mol. The quantitative estimate of drug-likeness (QED) is 0.508. The second kappa shape index (κ2) is 6.07. The molecule has 0 saturated heterocycles. The predicted octanol–water partition coefficient (Wildman–Crippen LogP) is 1.02. The van der Waals surface area contributed by atoms with Gasteiger partial charge in [0.05, 0.1) is 0 Å². The molecule has 3 aromatic rings. The molecule has 1 aliphatic heterocycles. The standard InChI is InChI=1S/C18H18N3O3P3/c1-25(22)13-7-4-9-15(19-13)26(2,23)17-11-6-12-18(21-17)27(3,24)16-10-5-8-14(25)20-16/h4-12H,1-3H3. The van der Waals surface area contributed by atoms with Gasteiger partial charge >= 0.3 is 0 Å². The summed E-state index contributed by atoms with van der Waals surface area (Å²) >= 11 is 0. The van der Waals surface area contributed by atoms with Crippen LogP contribution in [0.2, 0.25) is 0 Å². The fraction of sp³-hybridized carbons (Fsp3) is 0.167. The fourth-order valence-electron chi connectivity index (χ4n) is 3.01. The zero-order chi connectivity index (χ0) is 19.4. The van der Waals surface area contributed by atoms with Crippen LogP contribution >= 0.6 is 21.4 Å². The highest BCUT2D eigenvalue weighted by atomic mass is 31.2. The lowest BCUT2D eigenvalue weighted by atomic mass is 10.5. The van der Waals surface area contributed by atoms with Gasteiger partial charge in [-0.1, -0.05) is 18.2 Å². The second-order valence-corrected chi connectivity index (χ2v) is 15.1. The van der Waals surface area contributed by atoms with Crippen molar-refractivity contribution in [3.8, 4) is 0 Å². The van der Waals surface area contributed by atoms with E-state index in [4.69, 9.17) is 0 Å². The minimum atomic E-state index is -3.15. The Balaban J connectivity index is 2.15. The molecule has 9 heteroatoms. The molecule has 0 N–H and O–H groups in total. The minimum Gasteiger partial charge on any atom is -0.311 e. The number of pyridine rings is 3. The van der Waals surface area contributed by atoms with Crippen LogP contribution in [0.4, 0.5) is 0 Å². The lowest BCUT2D eigenvalue weighted by Gasteiger charge is -2.20. The molecule has 6 bridgehead atoms. The Kier molecular flexibility index (Phi) is 4.16. The lowest BCUT2D eigenvalue weighted by molar-refractivity contribution is 0.589. The van der Waals surface area contributed by atoms with Crippen LogP contribution in [-0.2, 0) is 13.7 Å². The average molecular weight is 417 g/mol. The van der Waals surface area contributed by atoms with Gasteiger partial charge in [-0.05, 0) is 36.4 Å². The topological polar surface area (TPSA) is 89.9 Å². The van der Waals surface area contributed by atoms with Gasteiger partial charge in [-0.3, -0.25) is 0 Å². The van der Waals surface area contributed by atoms with Crippen molar-refractivity contribution in [2.24, 2.45) is 0 Å². The minimum absolute atomic E-state index is 0.328. The van der Waals surface area contributed by atoms with Gasteiger partial charge in [0.15, 0.2) is 21.4 Å². The van der Waals surface area contributed by atoms with Crippen molar-refractivity contribution in [3.05, 3.63) is 54.6 Å². The summed E-state index contributed by atoms with van der Waals surface area (Å²) < 4.78 is 40.7. The Morgan fingerprint density at radius 2 is 0.667 bits per heavy atom. The maximum atomic E-state index is 13.6. The second-order valence-electron chi connectivity index (χ2n) is 6.83. The number of hydrogen-bond acceptors (Lipinski definition) is 6. The van der Waals surface area contributed by atoms with Crippen molar-refractivity contribution in [2.45, 2.75) is 0 Å². The van der Waals surface area contributed by atoms with Gasteiger partial charge in [-0.25, -0.2) is 15.0 Å². The van der Waals surface area contributed by atoms with Crippen LogP contribution in [0.5, 0.6) is 0 Å². The van der Waals surface area contributed by atoms with Crippen molar-refractivity contribution in [3.63, 3.8) is 0 Å². The van der Waals surface area contributed by atoms with Gasteiger partial charge in [0, 0.05) is 20.0 Å². The molecule has 4 heterocycles. The Labute approximate surface area is 157 Å². The Morgan fingerprint density at radius 1 is 0.481 bits per heavy atom. The molecule has 4 rings (SSSR count). The van der Waals surface area contributed by atoms with Crippen molar-refractivity contribution < 1.29 is 13.7 Å². The van der Waals surface area contributed by atoms with E-state index in [0.717, 1.165) is 0 Å². The van der Waals surface area contributed by atoms with E-state index in [0.29, 0.717) is 32.6 Å². The van der Waals surface area contributed by atoms with Crippen LogP contribution in [0.15, 0.2) is 54.6 Å². The van der Waals surface area contributed by atoms with Gasteiger partial charge in [-0.15, -0.1) is 0 Å². The van der Waals surface area contributed by atoms with E-state index in [2.05, 4.69) is 15.0 Å². The largest absolute Gasteiger partial charge is 0.311 e. The smallest absolute Gasteiger partial charge is 0.175 e. The number of nitrogens with zero attached hydrogens (tertiary/aromatic N) is 3. The molecule has 6 nitrogen and oxygen atoms in total. The number of aromatic nitrogens is 3. The van der Waals surface area contributed by atoms with Crippen LogP contribution in [0.25, 0.3) is 0 Å². The van der Waals surface area contributed by atoms with Crippen LogP contribution in [0, 0.1) is 0 Å². The zero-order valence-corrected chi connectivity index (χ0v) is 17.8. The highest BCUT2D eigenvalue weighted by molar-refractivity contribution is 7.80. The highest BCUT2D eigenvalue weighted by Crippen LogP contribution is 2.43. The molecule has 0 radical (unpaired) electrons. The summed E-state index contributed by atoms with van der Waals surface area (Å²) in [5.74, 6) is 0. The van der Waals surface area contributed by atoms with Gasteiger partial charge in [-0.2, -0.15) is 0 Å². The van der Waals surface area contributed by atoms with Crippen molar-refractivity contribution >= 4 is 54.0 Å². The molecule has 0 saturated carbocycles. The molecule has 3 aromatic heterocycles. The normalized spacial score (nSPS) is 29.4. The molecule has 138 valence electrons. The fourth-order valence-corrected chi connectivity index (χ4v) is 7.97. The average Bonchev–Trinajstić information content (AvgIpc) is 2.67. The predicted molar refractivity (Wildman–Crippen MR) is 111 cm³/mol. The Morgan fingerprint density at radius 3 is 0.852 bits per heavy atom. The van der Waals surface area contributed by atoms with Crippen LogP contribution in [0.1, 0.15) is 0 Å². The van der Waals surface area contributed by atoms with Gasteiger partial charge in [0.25, 0.3) is 0 Å². The molecule has 0 fully saturated rings. The maximum Gasteiger partial charge on any atom is 0.175 e. The summed E-state index contributed by atoms with van der Waals surface area (Å²) in [4.78, 5) is 13.4. The highest BCUT2D eigenvalue weighted by Gasteiger charge is 2.33. The molecule has 27 heavy (non-hydrogen) atoms. The summed E-state index contributed by atoms with van der Waals surface area (Å²) in [5.41, 5.74) is 1.97. The molecule has 0 atom stereocenters. The van der Waals surface area contributed by atoms with Gasteiger partial charge < -0.3 is 13.7 Å². The SMILES string of the molecule is CP1(=O)c2cccc(n2)P(C)(=O)c2cccc(n2)P(C)(=O)c2cccc1n2. The molecule has 0 unspecified atom stereocenters. The zero-order valence-electron chi connectivity index (χ0n) is 15.1. The summed E-state index contributed by atoms with van der Waals surface area (Å²) in [6.07, 6.45) is 0. The first-order valence-electron chi connectivity index (χ1n) is 8.30. The van der Waals surface area contributed by atoms with E-state index < -0.39 is 21.4 Å². The summed E-state index contributed by atoms with van der Waals surface area (Å²) in [5, 5.41) is 0. The van der Waals surface area contributed by atoms with Crippen molar-refractivity contribution in [2.75, 3.05) is 20.0 Å². The van der Waals surface area contributed by atoms with Gasteiger partial charge in [0.1, 0.15) is 32.6 Å². The maximum absolute atomic E-state index is 13.6. The van der Waals surface area contributed by atoms with E-state index in [1.807, 2.05) is 0 Å². The van der Waals surface area contributed by atoms with E-state index in [1.165, 1.54) is 0 Å².